The number of benzene rings is 2. The molecule has 0 aliphatic heterocycles. The number of rotatable bonds is 5. The number of thiophene rings is 1. The molecule has 3 rings (SSSR count). The molecular formula is C18H18BrNS. The van der Waals surface area contributed by atoms with Crippen LogP contribution in [0, 0.1) is 0 Å². The topological polar surface area (TPSA) is 12.0 Å². The van der Waals surface area contributed by atoms with Crippen LogP contribution < -0.4 is 5.32 Å². The van der Waals surface area contributed by atoms with Crippen molar-refractivity contribution in [3.05, 3.63) is 68.8 Å². The van der Waals surface area contributed by atoms with Gasteiger partial charge in [0.1, 0.15) is 0 Å². The maximum absolute atomic E-state index is 3.64. The molecule has 0 spiro atoms. The molecule has 3 heteroatoms. The molecule has 21 heavy (non-hydrogen) atoms. The van der Waals surface area contributed by atoms with Crippen LogP contribution in [0.5, 0.6) is 0 Å². The molecule has 108 valence electrons. The third-order valence-corrected chi connectivity index (χ3v) is 5.66. The van der Waals surface area contributed by atoms with E-state index in [-0.39, 0.29) is 0 Å². The van der Waals surface area contributed by atoms with Crippen molar-refractivity contribution in [2.75, 3.05) is 6.54 Å². The summed E-state index contributed by atoms with van der Waals surface area (Å²) in [4.78, 5) is 1.40. The van der Waals surface area contributed by atoms with E-state index in [1.54, 1.807) is 0 Å². The predicted octanol–water partition coefficient (Wildman–Crippen LogP) is 5.56. The molecule has 0 aliphatic rings. The number of likely N-dealkylation sites (N-methyl/N-ethyl adjacent to an activating group) is 1. The zero-order valence-electron chi connectivity index (χ0n) is 12.0. The van der Waals surface area contributed by atoms with Crippen LogP contribution in [0.1, 0.15) is 23.4 Å². The third kappa shape index (κ3) is 3.37. The first kappa shape index (κ1) is 14.8. The lowest BCUT2D eigenvalue weighted by Crippen LogP contribution is -2.22. The fourth-order valence-electron chi connectivity index (χ4n) is 2.63. The second-order valence-corrected chi connectivity index (χ2v) is 6.97. The Morgan fingerprint density at radius 3 is 2.62 bits per heavy atom. The van der Waals surface area contributed by atoms with E-state index in [4.69, 9.17) is 0 Å². The third-order valence-electron chi connectivity index (χ3n) is 3.71. The van der Waals surface area contributed by atoms with Gasteiger partial charge in [0.25, 0.3) is 0 Å². The fourth-order valence-corrected chi connectivity index (χ4v) is 4.20. The Morgan fingerprint density at radius 1 is 1.10 bits per heavy atom. The Morgan fingerprint density at radius 2 is 1.90 bits per heavy atom. The molecule has 0 bridgehead atoms. The van der Waals surface area contributed by atoms with Gasteiger partial charge in [-0.15, -0.1) is 11.3 Å². The molecule has 1 heterocycles. The smallest absolute Gasteiger partial charge is 0.0369 e. The number of halogens is 1. The minimum Gasteiger partial charge on any atom is -0.310 e. The average molecular weight is 360 g/mol. The molecule has 1 atom stereocenters. The van der Waals surface area contributed by atoms with Crippen molar-refractivity contribution < 1.29 is 0 Å². The first-order valence-corrected chi connectivity index (χ1v) is 8.89. The minimum atomic E-state index is 0.356. The van der Waals surface area contributed by atoms with Gasteiger partial charge in [-0.05, 0) is 56.3 Å². The number of hydrogen-bond acceptors (Lipinski definition) is 2. The molecule has 1 N–H and O–H groups in total. The highest BCUT2D eigenvalue weighted by atomic mass is 79.9. The summed E-state index contributed by atoms with van der Waals surface area (Å²) in [6.07, 6.45) is 1.02. The molecule has 0 fully saturated rings. The Kier molecular flexibility index (Phi) is 4.73. The molecule has 3 aromatic rings. The van der Waals surface area contributed by atoms with Crippen molar-refractivity contribution in [1.82, 2.24) is 5.32 Å². The fraction of sp³-hybridized carbons (Fsp3) is 0.222. The summed E-state index contributed by atoms with van der Waals surface area (Å²) in [5, 5.41) is 8.36. The second-order valence-electron chi connectivity index (χ2n) is 5.11. The van der Waals surface area contributed by atoms with Crippen molar-refractivity contribution >= 4 is 38.0 Å². The van der Waals surface area contributed by atoms with Crippen LogP contribution in [0.2, 0.25) is 0 Å². The molecule has 1 nitrogen and oxygen atoms in total. The number of hydrogen-bond donors (Lipinski definition) is 1. The summed E-state index contributed by atoms with van der Waals surface area (Å²) in [6, 6.07) is 17.8. The van der Waals surface area contributed by atoms with E-state index in [9.17, 15) is 0 Å². The van der Waals surface area contributed by atoms with Crippen LogP contribution in [0.25, 0.3) is 10.8 Å². The Balaban J connectivity index is 1.93. The van der Waals surface area contributed by atoms with Gasteiger partial charge in [0.15, 0.2) is 0 Å². The van der Waals surface area contributed by atoms with Crippen LogP contribution in [0.15, 0.2) is 58.4 Å². The average Bonchev–Trinajstić information content (AvgIpc) is 2.91. The largest absolute Gasteiger partial charge is 0.310 e. The normalized spacial score (nSPS) is 12.7. The van der Waals surface area contributed by atoms with Gasteiger partial charge in [-0.1, -0.05) is 43.3 Å². The van der Waals surface area contributed by atoms with Crippen LogP contribution in [0.3, 0.4) is 0 Å². The summed E-state index contributed by atoms with van der Waals surface area (Å²) in [5.74, 6) is 0. The Hall–Kier alpha value is -1.16. The molecule has 0 saturated carbocycles. The quantitative estimate of drug-likeness (QED) is 0.628. The lowest BCUT2D eigenvalue weighted by atomic mass is 9.99. The van der Waals surface area contributed by atoms with Gasteiger partial charge in [0.2, 0.25) is 0 Å². The van der Waals surface area contributed by atoms with Gasteiger partial charge in [-0.3, -0.25) is 0 Å². The van der Waals surface area contributed by atoms with Crippen molar-refractivity contribution in [1.29, 1.82) is 0 Å². The van der Waals surface area contributed by atoms with Crippen molar-refractivity contribution in [3.63, 3.8) is 0 Å². The number of nitrogens with one attached hydrogen (secondary N) is 1. The summed E-state index contributed by atoms with van der Waals surface area (Å²) < 4.78 is 1.22. The first-order valence-electron chi connectivity index (χ1n) is 7.22. The van der Waals surface area contributed by atoms with E-state index in [2.05, 4.69) is 82.1 Å². The Labute approximate surface area is 138 Å². The monoisotopic (exact) mass is 359 g/mol. The van der Waals surface area contributed by atoms with Crippen molar-refractivity contribution in [2.45, 2.75) is 19.4 Å². The van der Waals surface area contributed by atoms with Gasteiger partial charge >= 0.3 is 0 Å². The predicted molar refractivity (Wildman–Crippen MR) is 96.1 cm³/mol. The minimum absolute atomic E-state index is 0.356. The van der Waals surface area contributed by atoms with E-state index in [1.807, 2.05) is 11.3 Å². The van der Waals surface area contributed by atoms with Gasteiger partial charge in [-0.25, -0.2) is 0 Å². The highest BCUT2D eigenvalue weighted by Gasteiger charge is 2.14. The van der Waals surface area contributed by atoms with Gasteiger partial charge < -0.3 is 5.32 Å². The van der Waals surface area contributed by atoms with E-state index in [1.165, 1.54) is 25.7 Å². The van der Waals surface area contributed by atoms with Crippen molar-refractivity contribution in [3.8, 4) is 0 Å². The summed E-state index contributed by atoms with van der Waals surface area (Å²) in [6.45, 7) is 3.14. The zero-order chi connectivity index (χ0) is 14.7. The molecule has 0 amide bonds. The second kappa shape index (κ2) is 6.73. The van der Waals surface area contributed by atoms with Crippen LogP contribution in [-0.2, 0) is 6.42 Å². The molecule has 1 aromatic heterocycles. The standard InChI is InChI=1S/C18H18BrNS/c1-2-20-17(12-18-16(19)9-10-21-18)15-8-7-13-5-3-4-6-14(13)11-15/h3-11,17,20H,2,12H2,1H3. The van der Waals surface area contributed by atoms with E-state index in [0.29, 0.717) is 6.04 Å². The SMILES string of the molecule is CCNC(Cc1sccc1Br)c1ccc2ccccc2c1. The van der Waals surface area contributed by atoms with E-state index in [0.717, 1.165) is 13.0 Å². The molecule has 2 aromatic carbocycles. The number of fused-ring (bicyclic) bond motifs is 1. The molecule has 1 unspecified atom stereocenters. The maximum Gasteiger partial charge on any atom is 0.0369 e. The lowest BCUT2D eigenvalue weighted by molar-refractivity contribution is 0.553. The summed E-state index contributed by atoms with van der Waals surface area (Å²) in [7, 11) is 0. The van der Waals surface area contributed by atoms with E-state index >= 15 is 0 Å². The highest BCUT2D eigenvalue weighted by molar-refractivity contribution is 9.10. The van der Waals surface area contributed by atoms with Crippen LogP contribution >= 0.6 is 27.3 Å². The van der Waals surface area contributed by atoms with Gasteiger partial charge in [0.05, 0.1) is 0 Å². The van der Waals surface area contributed by atoms with Gasteiger partial charge in [-0.2, -0.15) is 0 Å². The highest BCUT2D eigenvalue weighted by Crippen LogP contribution is 2.29. The molecular weight excluding hydrogens is 342 g/mol. The van der Waals surface area contributed by atoms with Crippen LogP contribution in [-0.4, -0.2) is 6.54 Å². The molecule has 0 saturated heterocycles. The molecule has 0 radical (unpaired) electrons. The Bertz CT molecular complexity index is 735. The first-order chi connectivity index (χ1) is 10.3. The lowest BCUT2D eigenvalue weighted by Gasteiger charge is -2.18. The summed E-state index contributed by atoms with van der Waals surface area (Å²) >= 11 is 5.46. The van der Waals surface area contributed by atoms with Crippen LogP contribution in [0.4, 0.5) is 0 Å². The van der Waals surface area contributed by atoms with E-state index < -0.39 is 0 Å². The maximum atomic E-state index is 3.64. The zero-order valence-corrected chi connectivity index (χ0v) is 14.4. The van der Waals surface area contributed by atoms with Gasteiger partial charge in [0, 0.05) is 21.8 Å². The molecule has 0 aliphatic carbocycles. The van der Waals surface area contributed by atoms with Crippen molar-refractivity contribution in [2.24, 2.45) is 0 Å². The summed E-state index contributed by atoms with van der Waals surface area (Å²) in [5.41, 5.74) is 1.36.